The summed E-state index contributed by atoms with van der Waals surface area (Å²) in [4.78, 5) is 37.9. The average Bonchev–Trinajstić information content (AvgIpc) is 3.43. The fraction of sp³-hybridized carbons (Fsp3) is 0.407. The van der Waals surface area contributed by atoms with Crippen LogP contribution in [0.15, 0.2) is 59.7 Å². The van der Waals surface area contributed by atoms with Crippen molar-refractivity contribution < 1.29 is 9.59 Å². The molecule has 1 atom stereocenters. The molecule has 1 aliphatic heterocycles. The number of rotatable bonds is 10. The van der Waals surface area contributed by atoms with Crippen LogP contribution in [0, 0.1) is 0 Å². The molecule has 0 aromatic carbocycles. The molecule has 3 amide bonds. The highest BCUT2D eigenvalue weighted by Gasteiger charge is 2.30. The molecule has 3 aromatic heterocycles. The lowest BCUT2D eigenvalue weighted by atomic mass is 9.99. The van der Waals surface area contributed by atoms with Gasteiger partial charge in [0.05, 0.1) is 11.3 Å². The summed E-state index contributed by atoms with van der Waals surface area (Å²) in [6.07, 6.45) is 8.67. The zero-order chi connectivity index (χ0) is 25.3. The number of amides is 3. The number of hydrogen-bond acceptors (Lipinski definition) is 6. The summed E-state index contributed by atoms with van der Waals surface area (Å²) in [5, 5.41) is 7.25. The molecule has 0 radical (unpaired) electrons. The van der Waals surface area contributed by atoms with Crippen LogP contribution in [0.5, 0.6) is 0 Å². The Hall–Kier alpha value is -3.30. The van der Waals surface area contributed by atoms with Crippen molar-refractivity contribution in [1.82, 2.24) is 25.1 Å². The van der Waals surface area contributed by atoms with E-state index in [4.69, 9.17) is 5.73 Å². The number of aryl methyl sites for hydroxylation is 1. The van der Waals surface area contributed by atoms with Gasteiger partial charge in [0.1, 0.15) is 0 Å². The summed E-state index contributed by atoms with van der Waals surface area (Å²) in [5.74, 6) is -0.431. The first-order valence-corrected chi connectivity index (χ1v) is 13.4. The van der Waals surface area contributed by atoms with E-state index in [1.807, 2.05) is 17.0 Å². The smallest absolute Gasteiger partial charge is 0.318 e. The Morgan fingerprint density at radius 2 is 2.00 bits per heavy atom. The minimum Gasteiger partial charge on any atom is -0.366 e. The van der Waals surface area contributed by atoms with E-state index < -0.39 is 5.91 Å². The number of urea groups is 1. The molecule has 0 spiro atoms. The van der Waals surface area contributed by atoms with Crippen LogP contribution >= 0.6 is 11.3 Å². The summed E-state index contributed by atoms with van der Waals surface area (Å²) in [7, 11) is 0. The van der Waals surface area contributed by atoms with Crippen LogP contribution in [0.4, 0.5) is 4.79 Å². The van der Waals surface area contributed by atoms with Crippen LogP contribution in [0.2, 0.25) is 0 Å². The van der Waals surface area contributed by atoms with E-state index in [0.29, 0.717) is 31.1 Å². The third kappa shape index (κ3) is 6.89. The van der Waals surface area contributed by atoms with Crippen molar-refractivity contribution >= 4 is 23.3 Å². The van der Waals surface area contributed by atoms with E-state index in [9.17, 15) is 9.59 Å². The quantitative estimate of drug-likeness (QED) is 0.435. The second-order valence-corrected chi connectivity index (χ2v) is 10.1. The largest absolute Gasteiger partial charge is 0.366 e. The highest BCUT2D eigenvalue weighted by Crippen LogP contribution is 2.23. The number of hydrogen-bond donors (Lipinski definition) is 2. The molecule has 0 unspecified atom stereocenters. The van der Waals surface area contributed by atoms with Crippen LogP contribution in [0.1, 0.15) is 53.4 Å². The van der Waals surface area contributed by atoms with Gasteiger partial charge in [0, 0.05) is 56.9 Å². The summed E-state index contributed by atoms with van der Waals surface area (Å²) < 4.78 is 0. The molecule has 4 heterocycles. The first-order chi connectivity index (χ1) is 17.5. The fourth-order valence-corrected chi connectivity index (χ4v) is 5.42. The second-order valence-electron chi connectivity index (χ2n) is 9.30. The maximum absolute atomic E-state index is 13.2. The van der Waals surface area contributed by atoms with Crippen molar-refractivity contribution in [2.75, 3.05) is 13.1 Å². The number of primary amides is 1. The number of nitrogens with zero attached hydrogens (tertiary/aromatic N) is 4. The van der Waals surface area contributed by atoms with Crippen molar-refractivity contribution in [1.29, 1.82) is 0 Å². The molecular formula is C27H34N6O2S. The molecule has 190 valence electrons. The molecular weight excluding hydrogens is 472 g/mol. The number of nitrogens with one attached hydrogen (secondary N) is 1. The number of aromatic nitrogens is 2. The molecule has 0 aliphatic carbocycles. The van der Waals surface area contributed by atoms with Gasteiger partial charge in [0.25, 0.3) is 5.91 Å². The van der Waals surface area contributed by atoms with Crippen LogP contribution < -0.4 is 11.1 Å². The number of carbonyl (C=O) groups is 2. The monoisotopic (exact) mass is 506 g/mol. The summed E-state index contributed by atoms with van der Waals surface area (Å²) in [6, 6.07) is 9.90. The van der Waals surface area contributed by atoms with Crippen molar-refractivity contribution in [3.63, 3.8) is 0 Å². The number of nitrogens with two attached hydrogens (primary N) is 1. The van der Waals surface area contributed by atoms with E-state index in [1.165, 1.54) is 0 Å². The predicted octanol–water partition coefficient (Wildman–Crippen LogP) is 3.83. The lowest BCUT2D eigenvalue weighted by Crippen LogP contribution is -2.51. The molecule has 8 nitrogen and oxygen atoms in total. The van der Waals surface area contributed by atoms with E-state index in [-0.39, 0.29) is 12.1 Å². The molecule has 0 saturated carbocycles. The Balaban J connectivity index is 1.33. The van der Waals surface area contributed by atoms with Crippen molar-refractivity contribution in [2.45, 2.75) is 57.8 Å². The normalized spacial score (nSPS) is 15.4. The zero-order valence-corrected chi connectivity index (χ0v) is 21.5. The molecule has 1 saturated heterocycles. The van der Waals surface area contributed by atoms with Crippen LogP contribution in [0.3, 0.4) is 0 Å². The lowest BCUT2D eigenvalue weighted by Gasteiger charge is -2.40. The Morgan fingerprint density at radius 1 is 1.19 bits per heavy atom. The molecule has 0 bridgehead atoms. The van der Waals surface area contributed by atoms with Gasteiger partial charge < -0.3 is 20.9 Å². The van der Waals surface area contributed by atoms with Gasteiger partial charge in [-0.05, 0) is 78.8 Å². The molecule has 4 rings (SSSR count). The number of likely N-dealkylation sites (tertiary alicyclic amines) is 1. The zero-order valence-electron chi connectivity index (χ0n) is 20.7. The first-order valence-electron chi connectivity index (χ1n) is 12.4. The Morgan fingerprint density at radius 3 is 2.69 bits per heavy atom. The fourth-order valence-electron chi connectivity index (χ4n) is 4.76. The predicted molar refractivity (Wildman–Crippen MR) is 141 cm³/mol. The van der Waals surface area contributed by atoms with Gasteiger partial charge in [-0.1, -0.05) is 6.07 Å². The molecule has 1 fully saturated rings. The maximum Gasteiger partial charge on any atom is 0.318 e. The van der Waals surface area contributed by atoms with Crippen molar-refractivity contribution in [3.8, 4) is 0 Å². The van der Waals surface area contributed by atoms with Gasteiger partial charge in [-0.3, -0.25) is 14.8 Å². The van der Waals surface area contributed by atoms with E-state index in [0.717, 1.165) is 49.2 Å². The summed E-state index contributed by atoms with van der Waals surface area (Å²) in [6.45, 7) is 5.14. The SMILES string of the molecule is C[C@H](CCc1ncccc1C(N)=O)N1CCC(N(Cc2ccsc2)C(=O)NCc2cccnc2)CC1. The maximum atomic E-state index is 13.2. The average molecular weight is 507 g/mol. The minimum absolute atomic E-state index is 0.0364. The minimum atomic E-state index is -0.431. The van der Waals surface area contributed by atoms with Gasteiger partial charge in [-0.25, -0.2) is 4.79 Å². The van der Waals surface area contributed by atoms with E-state index >= 15 is 0 Å². The summed E-state index contributed by atoms with van der Waals surface area (Å²) in [5.41, 5.74) is 8.92. The van der Waals surface area contributed by atoms with Gasteiger partial charge in [-0.15, -0.1) is 0 Å². The molecule has 3 N–H and O–H groups in total. The van der Waals surface area contributed by atoms with Crippen molar-refractivity contribution in [3.05, 3.63) is 82.1 Å². The Kier molecular flexibility index (Phi) is 9.02. The number of pyridine rings is 2. The highest BCUT2D eigenvalue weighted by atomic mass is 32.1. The Bertz CT molecular complexity index is 1120. The third-order valence-corrected chi connectivity index (χ3v) is 7.61. The third-order valence-electron chi connectivity index (χ3n) is 6.88. The van der Waals surface area contributed by atoms with Gasteiger partial charge in [-0.2, -0.15) is 11.3 Å². The van der Waals surface area contributed by atoms with Crippen LogP contribution in [-0.4, -0.2) is 56.9 Å². The molecule has 1 aliphatic rings. The van der Waals surface area contributed by atoms with Crippen molar-refractivity contribution in [2.24, 2.45) is 5.73 Å². The second kappa shape index (κ2) is 12.6. The van der Waals surface area contributed by atoms with Gasteiger partial charge in [0.2, 0.25) is 0 Å². The molecule has 36 heavy (non-hydrogen) atoms. The first kappa shape index (κ1) is 25.8. The molecule has 3 aromatic rings. The lowest BCUT2D eigenvalue weighted by molar-refractivity contribution is 0.0942. The number of carbonyl (C=O) groups excluding carboxylic acids is 2. The number of piperidine rings is 1. The van der Waals surface area contributed by atoms with Crippen LogP contribution in [0.25, 0.3) is 0 Å². The Labute approximate surface area is 216 Å². The summed E-state index contributed by atoms with van der Waals surface area (Å²) >= 11 is 1.65. The van der Waals surface area contributed by atoms with Gasteiger partial charge in [0.15, 0.2) is 0 Å². The van der Waals surface area contributed by atoms with E-state index in [2.05, 4.69) is 43.9 Å². The standard InChI is InChI=1S/C27H34N6O2S/c1-20(6-7-25-24(26(28)34)5-3-12-30-25)32-13-8-23(9-14-32)33(18-22-10-15-36-19-22)27(35)31-17-21-4-2-11-29-16-21/h2-5,10-12,15-16,19-20,23H,6-9,13-14,17-18H2,1H3,(H2,28,34)(H,31,35)/t20-/m1/s1. The van der Waals surface area contributed by atoms with Gasteiger partial charge >= 0.3 is 6.03 Å². The highest BCUT2D eigenvalue weighted by molar-refractivity contribution is 7.07. The van der Waals surface area contributed by atoms with Crippen LogP contribution in [-0.2, 0) is 19.5 Å². The van der Waals surface area contributed by atoms with E-state index in [1.54, 1.807) is 42.1 Å². The topological polar surface area (TPSA) is 104 Å². The molecule has 9 heteroatoms. The number of thiophene rings is 1.